The van der Waals surface area contributed by atoms with Crippen LogP contribution in [0.3, 0.4) is 0 Å². The number of esters is 1. The fraction of sp³-hybridized carbons (Fsp3) is 0.682. The van der Waals surface area contributed by atoms with Crippen LogP contribution in [0.2, 0.25) is 0 Å². The van der Waals surface area contributed by atoms with Gasteiger partial charge in [0.05, 0.1) is 37.9 Å². The van der Waals surface area contributed by atoms with Crippen LogP contribution in [0.4, 0.5) is 5.82 Å². The molecular formula is C22H33N4O4+. The first-order valence-corrected chi connectivity index (χ1v) is 11.0. The third-order valence-electron chi connectivity index (χ3n) is 6.26. The van der Waals surface area contributed by atoms with Gasteiger partial charge in [0.1, 0.15) is 17.8 Å². The molecule has 8 heteroatoms. The second-order valence-electron chi connectivity index (χ2n) is 8.31. The Morgan fingerprint density at radius 1 is 1.33 bits per heavy atom. The summed E-state index contributed by atoms with van der Waals surface area (Å²) < 4.78 is 12.9. The molecule has 3 atom stereocenters. The van der Waals surface area contributed by atoms with Gasteiger partial charge in [-0.25, -0.2) is 0 Å². The van der Waals surface area contributed by atoms with Crippen LogP contribution in [0.15, 0.2) is 0 Å². The van der Waals surface area contributed by atoms with Gasteiger partial charge in [0.25, 0.3) is 5.91 Å². The average Bonchev–Trinajstić information content (AvgIpc) is 3.31. The summed E-state index contributed by atoms with van der Waals surface area (Å²) in [7, 11) is 0. The molecule has 1 amide bonds. The number of nitrogens with one attached hydrogen (secondary N) is 2. The lowest BCUT2D eigenvalue weighted by atomic mass is 9.98. The number of amides is 1. The number of carbonyl (C=O) groups excluding carboxylic acids is 2. The Labute approximate surface area is 178 Å². The van der Waals surface area contributed by atoms with E-state index in [1.54, 1.807) is 6.92 Å². The number of hydrogen-bond donors (Lipinski definition) is 2. The maximum atomic E-state index is 12.9. The highest BCUT2D eigenvalue weighted by Gasteiger charge is 2.31. The van der Waals surface area contributed by atoms with E-state index in [1.807, 2.05) is 18.4 Å². The van der Waals surface area contributed by atoms with Crippen LogP contribution in [0.25, 0.3) is 0 Å². The molecule has 0 radical (unpaired) electrons. The van der Waals surface area contributed by atoms with Gasteiger partial charge in [0.2, 0.25) is 0 Å². The molecule has 1 aromatic heterocycles. The maximum absolute atomic E-state index is 12.9. The monoisotopic (exact) mass is 417 g/mol. The van der Waals surface area contributed by atoms with Crippen LogP contribution in [-0.4, -0.2) is 55.4 Å². The molecule has 3 heterocycles. The zero-order valence-electron chi connectivity index (χ0n) is 18.3. The molecule has 0 spiro atoms. The van der Waals surface area contributed by atoms with Gasteiger partial charge in [-0.15, -0.1) is 0 Å². The first kappa shape index (κ1) is 22.3. The zero-order chi connectivity index (χ0) is 21.7. The summed E-state index contributed by atoms with van der Waals surface area (Å²) in [6.45, 7) is 9.18. The van der Waals surface area contributed by atoms with Crippen molar-refractivity contribution < 1.29 is 24.0 Å². The summed E-state index contributed by atoms with van der Waals surface area (Å²) in [5.74, 6) is 0.103. The number of likely N-dealkylation sites (tertiary alicyclic amines) is 1. The van der Waals surface area contributed by atoms with Crippen molar-refractivity contribution in [2.75, 3.05) is 38.2 Å². The molecule has 2 saturated heterocycles. The summed E-state index contributed by atoms with van der Waals surface area (Å²) in [6, 6.07) is 2.25. The highest BCUT2D eigenvalue weighted by atomic mass is 16.5. The highest BCUT2D eigenvalue weighted by Crippen LogP contribution is 2.28. The number of nitriles is 1. The Bertz CT molecular complexity index is 820. The lowest BCUT2D eigenvalue weighted by molar-refractivity contribution is -0.899. The number of nitrogens with zero attached hydrogens (tertiary/aromatic N) is 2. The largest absolute Gasteiger partial charge is 0.466 e. The van der Waals surface area contributed by atoms with E-state index in [0.717, 1.165) is 55.0 Å². The van der Waals surface area contributed by atoms with Gasteiger partial charge in [-0.2, -0.15) is 5.26 Å². The number of carbonyl (C=O) groups is 2. The van der Waals surface area contributed by atoms with Crippen LogP contribution >= 0.6 is 0 Å². The quantitative estimate of drug-likeness (QED) is 0.644. The number of rotatable bonds is 7. The van der Waals surface area contributed by atoms with Crippen LogP contribution in [0.1, 0.15) is 49.4 Å². The van der Waals surface area contributed by atoms with Crippen molar-refractivity contribution in [2.24, 2.45) is 5.92 Å². The maximum Gasteiger partial charge on any atom is 0.314 e. The predicted molar refractivity (Wildman–Crippen MR) is 111 cm³/mol. The van der Waals surface area contributed by atoms with Crippen molar-refractivity contribution in [3.63, 3.8) is 0 Å². The molecule has 0 aromatic carbocycles. The standard InChI is InChI=1S/C22H32N4O4/c1-4-29-22(28)17-7-5-9-25(12-17)14-20(27)24-21-19(11-23)15(2)16(3)26(21)13-18-8-6-10-30-18/h17-18H,4-10,12-14H2,1-3H3,(H,24,27)/p+1/t17-,18-/m0/s1. The second-order valence-corrected chi connectivity index (χ2v) is 8.31. The Morgan fingerprint density at radius 3 is 2.80 bits per heavy atom. The third kappa shape index (κ3) is 5.02. The van der Waals surface area contributed by atoms with Crippen LogP contribution in [0.5, 0.6) is 0 Å². The summed E-state index contributed by atoms with van der Waals surface area (Å²) in [4.78, 5) is 26.0. The van der Waals surface area contributed by atoms with Crippen molar-refractivity contribution >= 4 is 17.7 Å². The molecule has 1 unspecified atom stereocenters. The van der Waals surface area contributed by atoms with Crippen molar-refractivity contribution in [1.29, 1.82) is 5.26 Å². The Morgan fingerprint density at radius 2 is 2.13 bits per heavy atom. The van der Waals surface area contributed by atoms with E-state index in [4.69, 9.17) is 9.47 Å². The van der Waals surface area contributed by atoms with E-state index in [2.05, 4.69) is 11.4 Å². The van der Waals surface area contributed by atoms with Crippen molar-refractivity contribution in [1.82, 2.24) is 4.57 Å². The second kappa shape index (κ2) is 10.1. The molecule has 0 aliphatic carbocycles. The van der Waals surface area contributed by atoms with E-state index >= 15 is 0 Å². The normalized spacial score (nSPS) is 23.7. The number of piperidine rings is 1. The zero-order valence-corrected chi connectivity index (χ0v) is 18.3. The Kier molecular flexibility index (Phi) is 7.51. The molecule has 2 aliphatic heterocycles. The molecule has 8 nitrogen and oxygen atoms in total. The Hall–Kier alpha value is -2.37. The summed E-state index contributed by atoms with van der Waals surface area (Å²) >= 11 is 0. The number of ether oxygens (including phenoxy) is 2. The first-order chi connectivity index (χ1) is 14.4. The van der Waals surface area contributed by atoms with E-state index in [0.29, 0.717) is 31.1 Å². The van der Waals surface area contributed by atoms with Gasteiger partial charge in [-0.3, -0.25) is 9.59 Å². The smallest absolute Gasteiger partial charge is 0.314 e. The molecule has 0 saturated carbocycles. The summed E-state index contributed by atoms with van der Waals surface area (Å²) in [6.07, 6.45) is 3.83. The van der Waals surface area contributed by atoms with Crippen molar-refractivity contribution in [3.05, 3.63) is 16.8 Å². The number of anilines is 1. The molecule has 2 fully saturated rings. The minimum absolute atomic E-state index is 0.107. The minimum atomic E-state index is -0.168. The van der Waals surface area contributed by atoms with Gasteiger partial charge in [-0.05, 0) is 52.0 Å². The minimum Gasteiger partial charge on any atom is -0.466 e. The average molecular weight is 418 g/mol. The van der Waals surface area contributed by atoms with Crippen LogP contribution in [0, 0.1) is 31.1 Å². The molecule has 30 heavy (non-hydrogen) atoms. The fourth-order valence-electron chi connectivity index (χ4n) is 4.53. The molecule has 2 aliphatic rings. The van der Waals surface area contributed by atoms with Gasteiger partial charge in [-0.1, -0.05) is 0 Å². The first-order valence-electron chi connectivity index (χ1n) is 11.0. The molecule has 1 aromatic rings. The van der Waals surface area contributed by atoms with Gasteiger partial charge < -0.3 is 24.3 Å². The SMILES string of the molecule is CCOC(=O)[C@H]1CCC[NH+](CC(=O)Nc2c(C#N)c(C)c(C)n2C[C@@H]2CCCO2)C1. The van der Waals surface area contributed by atoms with E-state index in [-0.39, 0.29) is 30.4 Å². The van der Waals surface area contributed by atoms with E-state index < -0.39 is 0 Å². The molecule has 164 valence electrons. The molecular weight excluding hydrogens is 384 g/mol. The van der Waals surface area contributed by atoms with Crippen LogP contribution in [-0.2, 0) is 25.6 Å². The van der Waals surface area contributed by atoms with Crippen LogP contribution < -0.4 is 10.2 Å². The van der Waals surface area contributed by atoms with E-state index in [1.165, 1.54) is 0 Å². The summed E-state index contributed by atoms with van der Waals surface area (Å²) in [5, 5.41) is 12.7. The summed E-state index contributed by atoms with van der Waals surface area (Å²) in [5.41, 5.74) is 2.38. The third-order valence-corrected chi connectivity index (χ3v) is 6.26. The number of quaternary nitrogens is 1. The van der Waals surface area contributed by atoms with E-state index in [9.17, 15) is 14.9 Å². The lowest BCUT2D eigenvalue weighted by Crippen LogP contribution is -3.14. The van der Waals surface area contributed by atoms with Crippen molar-refractivity contribution in [3.8, 4) is 6.07 Å². The van der Waals surface area contributed by atoms with Crippen molar-refractivity contribution in [2.45, 2.75) is 59.1 Å². The Balaban J connectivity index is 1.69. The van der Waals surface area contributed by atoms with Gasteiger partial charge >= 0.3 is 5.97 Å². The number of aromatic nitrogens is 1. The lowest BCUT2D eigenvalue weighted by Gasteiger charge is -2.28. The fourth-order valence-corrected chi connectivity index (χ4v) is 4.53. The highest BCUT2D eigenvalue weighted by molar-refractivity contribution is 5.92. The van der Waals surface area contributed by atoms with Gasteiger partial charge in [0, 0.05) is 12.3 Å². The molecule has 0 bridgehead atoms. The topological polar surface area (TPSA) is 97.8 Å². The molecule has 3 rings (SSSR count). The van der Waals surface area contributed by atoms with Gasteiger partial charge in [0.15, 0.2) is 6.54 Å². The molecule has 2 N–H and O–H groups in total. The predicted octanol–water partition coefficient (Wildman–Crippen LogP) is 0.952. The number of hydrogen-bond acceptors (Lipinski definition) is 5.